The predicted molar refractivity (Wildman–Crippen MR) is 93.7 cm³/mol. The Morgan fingerprint density at radius 2 is 1.72 bits per heavy atom. The molecule has 6 heteroatoms. The second-order valence-corrected chi connectivity index (χ2v) is 6.10. The van der Waals surface area contributed by atoms with Crippen LogP contribution in [0.3, 0.4) is 0 Å². The van der Waals surface area contributed by atoms with Crippen LogP contribution in [-0.4, -0.2) is 18.3 Å². The molecular weight excluding hydrogens is 331 g/mol. The predicted octanol–water partition coefficient (Wildman–Crippen LogP) is 6.08. The fraction of sp³-hybridized carbons (Fsp3) is 0.632. The first-order chi connectivity index (χ1) is 11.8. The van der Waals surface area contributed by atoms with E-state index in [1.54, 1.807) is 17.9 Å². The number of hydrogen-bond acceptors (Lipinski definition) is 2. The number of alkyl halides is 3. The first-order valence-electron chi connectivity index (χ1n) is 9.00. The third kappa shape index (κ3) is 7.36. The highest BCUT2D eigenvalue weighted by Gasteiger charge is 2.31. The van der Waals surface area contributed by atoms with Gasteiger partial charge in [-0.2, -0.15) is 0 Å². The van der Waals surface area contributed by atoms with Crippen molar-refractivity contribution in [2.45, 2.75) is 78.1 Å². The van der Waals surface area contributed by atoms with Gasteiger partial charge in [-0.3, -0.25) is 4.79 Å². The van der Waals surface area contributed by atoms with Crippen LogP contribution in [0.25, 0.3) is 0 Å². The van der Waals surface area contributed by atoms with E-state index in [-0.39, 0.29) is 17.7 Å². The summed E-state index contributed by atoms with van der Waals surface area (Å²) < 4.78 is 41.5. The number of anilines is 1. The van der Waals surface area contributed by atoms with Crippen LogP contribution in [0.15, 0.2) is 24.3 Å². The number of nitrogens with zero attached hydrogens (tertiary/aromatic N) is 1. The average molecular weight is 359 g/mol. The molecule has 0 saturated heterocycles. The van der Waals surface area contributed by atoms with Crippen molar-refractivity contribution in [1.29, 1.82) is 0 Å². The molecule has 0 aliphatic rings. The number of carbonyl (C=O) groups is 1. The quantitative estimate of drug-likeness (QED) is 0.507. The van der Waals surface area contributed by atoms with E-state index in [2.05, 4.69) is 18.6 Å². The number of halogens is 3. The Balaban J connectivity index is 3.14. The highest BCUT2D eigenvalue weighted by atomic mass is 19.4. The molecule has 0 N–H and O–H groups in total. The van der Waals surface area contributed by atoms with Crippen LogP contribution >= 0.6 is 0 Å². The maximum Gasteiger partial charge on any atom is 0.573 e. The number of ether oxygens (including phenoxy) is 1. The zero-order chi connectivity index (χ0) is 18.9. The molecule has 1 rings (SSSR count). The lowest BCUT2D eigenvalue weighted by Crippen LogP contribution is -2.40. The second kappa shape index (κ2) is 10.3. The van der Waals surface area contributed by atoms with Crippen molar-refractivity contribution in [2.75, 3.05) is 4.90 Å². The van der Waals surface area contributed by atoms with Crippen LogP contribution in [0.2, 0.25) is 0 Å². The molecular formula is C19H28F3NO2. The van der Waals surface area contributed by atoms with Crippen molar-refractivity contribution in [3.05, 3.63) is 24.3 Å². The van der Waals surface area contributed by atoms with Crippen LogP contribution in [-0.2, 0) is 4.79 Å². The van der Waals surface area contributed by atoms with Crippen LogP contribution in [0.1, 0.15) is 65.7 Å². The van der Waals surface area contributed by atoms with Gasteiger partial charge in [0.05, 0.1) is 0 Å². The fourth-order valence-corrected chi connectivity index (χ4v) is 2.84. The Hall–Kier alpha value is -1.72. The normalized spacial score (nSPS) is 11.6. The molecule has 142 valence electrons. The van der Waals surface area contributed by atoms with Crippen molar-refractivity contribution in [3.8, 4) is 5.75 Å². The van der Waals surface area contributed by atoms with Crippen molar-refractivity contribution >= 4 is 11.6 Å². The van der Waals surface area contributed by atoms with E-state index in [4.69, 9.17) is 0 Å². The van der Waals surface area contributed by atoms with E-state index >= 15 is 0 Å². The van der Waals surface area contributed by atoms with E-state index in [0.29, 0.717) is 12.1 Å². The summed E-state index contributed by atoms with van der Waals surface area (Å²) in [6.45, 7) is 5.93. The number of benzene rings is 1. The fourth-order valence-electron chi connectivity index (χ4n) is 2.84. The number of hydrogen-bond donors (Lipinski definition) is 0. The monoisotopic (exact) mass is 359 g/mol. The summed E-state index contributed by atoms with van der Waals surface area (Å²) in [5.74, 6) is -0.384. The van der Waals surface area contributed by atoms with Crippen molar-refractivity contribution in [2.24, 2.45) is 0 Å². The summed E-state index contributed by atoms with van der Waals surface area (Å²) >= 11 is 0. The molecule has 0 radical (unpaired) electrons. The van der Waals surface area contributed by atoms with E-state index in [0.717, 1.165) is 38.5 Å². The molecule has 0 fully saturated rings. The van der Waals surface area contributed by atoms with E-state index in [9.17, 15) is 18.0 Å². The molecule has 25 heavy (non-hydrogen) atoms. The van der Waals surface area contributed by atoms with Gasteiger partial charge in [0.1, 0.15) is 5.75 Å². The largest absolute Gasteiger partial charge is 0.573 e. The summed E-state index contributed by atoms with van der Waals surface area (Å²) in [6, 6.07) is 5.70. The lowest BCUT2D eigenvalue weighted by atomic mass is 10.0. The van der Waals surface area contributed by atoms with E-state index in [1.807, 2.05) is 0 Å². The summed E-state index contributed by atoms with van der Waals surface area (Å²) in [4.78, 5) is 14.2. The lowest BCUT2D eigenvalue weighted by Gasteiger charge is -2.32. The van der Waals surface area contributed by atoms with Crippen LogP contribution in [0.5, 0.6) is 5.75 Å². The maximum atomic E-state index is 12.5. The van der Waals surface area contributed by atoms with Gasteiger partial charge in [0.2, 0.25) is 5.91 Å². The molecule has 3 nitrogen and oxygen atoms in total. The Kier molecular flexibility index (Phi) is 8.79. The molecule has 1 aromatic rings. The van der Waals surface area contributed by atoms with Gasteiger partial charge in [-0.15, -0.1) is 13.2 Å². The minimum Gasteiger partial charge on any atom is -0.406 e. The van der Waals surface area contributed by atoms with Gasteiger partial charge in [0.15, 0.2) is 0 Å². The molecule has 0 saturated carbocycles. The number of amides is 1. The summed E-state index contributed by atoms with van der Waals surface area (Å²) in [5.41, 5.74) is 0.464. The van der Waals surface area contributed by atoms with Gasteiger partial charge in [-0.25, -0.2) is 0 Å². The topological polar surface area (TPSA) is 29.5 Å². The molecule has 0 aromatic heterocycles. The Bertz CT molecular complexity index is 524. The van der Waals surface area contributed by atoms with Crippen LogP contribution in [0.4, 0.5) is 18.9 Å². The first kappa shape index (κ1) is 21.3. The molecule has 0 spiro atoms. The SMILES string of the molecule is CCCCC(CCCC)N(C(=O)CC)c1cccc(OC(F)(F)F)c1. The second-order valence-electron chi connectivity index (χ2n) is 6.10. The highest BCUT2D eigenvalue weighted by molar-refractivity contribution is 5.94. The molecule has 1 amide bonds. The third-order valence-electron chi connectivity index (χ3n) is 4.05. The standard InChI is InChI=1S/C19H28F3NO2/c1-4-7-10-15(11-8-5-2)23(18(24)6-3)16-12-9-13-17(14-16)25-19(20,21)22/h9,12-15H,4-8,10-11H2,1-3H3. The van der Waals surface area contributed by atoms with Crippen molar-refractivity contribution in [1.82, 2.24) is 0 Å². The number of unbranched alkanes of at least 4 members (excludes halogenated alkanes) is 2. The van der Waals surface area contributed by atoms with Gasteiger partial charge < -0.3 is 9.64 Å². The maximum absolute atomic E-state index is 12.5. The number of rotatable bonds is 10. The Labute approximate surface area is 148 Å². The minimum absolute atomic E-state index is 0.00603. The highest BCUT2D eigenvalue weighted by Crippen LogP contribution is 2.30. The van der Waals surface area contributed by atoms with Crippen LogP contribution in [0, 0.1) is 0 Å². The van der Waals surface area contributed by atoms with Gasteiger partial charge in [-0.05, 0) is 25.0 Å². The average Bonchev–Trinajstić information content (AvgIpc) is 2.55. The molecule has 0 atom stereocenters. The minimum atomic E-state index is -4.75. The molecule has 0 unspecified atom stereocenters. The third-order valence-corrected chi connectivity index (χ3v) is 4.05. The zero-order valence-corrected chi connectivity index (χ0v) is 15.2. The van der Waals surface area contributed by atoms with Crippen LogP contribution < -0.4 is 9.64 Å². The zero-order valence-electron chi connectivity index (χ0n) is 15.2. The number of carbonyl (C=O) groups excluding carboxylic acids is 1. The lowest BCUT2D eigenvalue weighted by molar-refractivity contribution is -0.274. The first-order valence-corrected chi connectivity index (χ1v) is 9.00. The molecule has 1 aromatic carbocycles. The van der Waals surface area contributed by atoms with E-state index in [1.165, 1.54) is 18.2 Å². The molecule has 0 aliphatic carbocycles. The summed E-state index contributed by atoms with van der Waals surface area (Å²) in [5, 5.41) is 0. The van der Waals surface area contributed by atoms with Gasteiger partial charge in [0.25, 0.3) is 0 Å². The molecule has 0 heterocycles. The molecule has 0 aliphatic heterocycles. The summed E-state index contributed by atoms with van der Waals surface area (Å²) in [7, 11) is 0. The Morgan fingerprint density at radius 3 is 2.20 bits per heavy atom. The van der Waals surface area contributed by atoms with Gasteiger partial charge >= 0.3 is 6.36 Å². The molecule has 0 bridgehead atoms. The van der Waals surface area contributed by atoms with Crippen molar-refractivity contribution < 1.29 is 22.7 Å². The van der Waals surface area contributed by atoms with Gasteiger partial charge in [0, 0.05) is 24.2 Å². The summed E-state index contributed by atoms with van der Waals surface area (Å²) in [6.07, 6.45) is 1.20. The van der Waals surface area contributed by atoms with Gasteiger partial charge in [-0.1, -0.05) is 52.5 Å². The Morgan fingerprint density at radius 1 is 1.12 bits per heavy atom. The van der Waals surface area contributed by atoms with Crippen molar-refractivity contribution in [3.63, 3.8) is 0 Å². The smallest absolute Gasteiger partial charge is 0.406 e. The van der Waals surface area contributed by atoms with E-state index < -0.39 is 6.36 Å².